The Morgan fingerprint density at radius 2 is 1.79 bits per heavy atom. The van der Waals surface area contributed by atoms with Crippen molar-refractivity contribution in [3.63, 3.8) is 0 Å². The summed E-state index contributed by atoms with van der Waals surface area (Å²) in [7, 11) is 3.06. The number of nitrogens with zero attached hydrogens (tertiary/aromatic N) is 2. The van der Waals surface area contributed by atoms with Gasteiger partial charge in [-0.25, -0.2) is 0 Å². The van der Waals surface area contributed by atoms with Crippen molar-refractivity contribution in [2.45, 2.75) is 6.92 Å². The summed E-state index contributed by atoms with van der Waals surface area (Å²) in [6, 6.07) is 10.5. The molecule has 2 aromatic rings. The Labute approximate surface area is 112 Å². The van der Waals surface area contributed by atoms with Crippen molar-refractivity contribution in [3.05, 3.63) is 36.5 Å². The monoisotopic (exact) mass is 264 g/mol. The molecule has 0 aliphatic rings. The number of aliphatic hydroxyl groups is 1. The van der Waals surface area contributed by atoms with E-state index in [-0.39, 0.29) is 11.9 Å². The number of carbonyl (C=O) groups excluding carboxylic acids is 1. The molecule has 1 heterocycles. The predicted octanol–water partition coefficient (Wildman–Crippen LogP) is 0.593. The SMILES string of the molecule is CC(=O)N=C(N)N.CO.Cn1ccc2ccccc21. The van der Waals surface area contributed by atoms with Gasteiger partial charge < -0.3 is 21.1 Å². The Morgan fingerprint density at radius 3 is 2.21 bits per heavy atom. The van der Waals surface area contributed by atoms with E-state index in [1.807, 2.05) is 0 Å². The van der Waals surface area contributed by atoms with Gasteiger partial charge >= 0.3 is 0 Å². The summed E-state index contributed by atoms with van der Waals surface area (Å²) in [5.41, 5.74) is 10.9. The molecule has 0 unspecified atom stereocenters. The van der Waals surface area contributed by atoms with Crippen molar-refractivity contribution < 1.29 is 9.90 Å². The van der Waals surface area contributed by atoms with Crippen LogP contribution in [0.1, 0.15) is 6.92 Å². The first-order valence-corrected chi connectivity index (χ1v) is 5.55. The van der Waals surface area contributed by atoms with Crippen LogP contribution in [0.15, 0.2) is 41.5 Å². The van der Waals surface area contributed by atoms with Crippen LogP contribution >= 0.6 is 0 Å². The highest BCUT2D eigenvalue weighted by atomic mass is 16.2. The molecular weight excluding hydrogens is 244 g/mol. The van der Waals surface area contributed by atoms with E-state index in [2.05, 4.69) is 53.1 Å². The van der Waals surface area contributed by atoms with Crippen molar-refractivity contribution in [1.29, 1.82) is 0 Å². The molecule has 6 nitrogen and oxygen atoms in total. The second kappa shape index (κ2) is 8.71. The molecule has 0 fully saturated rings. The number of benzene rings is 1. The maximum absolute atomic E-state index is 9.91. The van der Waals surface area contributed by atoms with Crippen molar-refractivity contribution >= 4 is 22.8 Å². The number of fused-ring (bicyclic) bond motifs is 1. The lowest BCUT2D eigenvalue weighted by atomic mass is 10.2. The number of aliphatic hydroxyl groups excluding tert-OH is 1. The lowest BCUT2D eigenvalue weighted by Gasteiger charge is -1.92. The van der Waals surface area contributed by atoms with Crippen LogP contribution in [0.3, 0.4) is 0 Å². The molecule has 19 heavy (non-hydrogen) atoms. The summed E-state index contributed by atoms with van der Waals surface area (Å²) in [5.74, 6) is -0.562. The molecule has 0 atom stereocenters. The van der Waals surface area contributed by atoms with Crippen LogP contribution in [0.5, 0.6) is 0 Å². The van der Waals surface area contributed by atoms with Crippen LogP contribution in [0.2, 0.25) is 0 Å². The molecule has 5 N–H and O–H groups in total. The summed E-state index contributed by atoms with van der Waals surface area (Å²) in [5, 5.41) is 8.31. The average molecular weight is 264 g/mol. The Balaban J connectivity index is 0.000000321. The number of aromatic nitrogens is 1. The van der Waals surface area contributed by atoms with Crippen molar-refractivity contribution in [2.75, 3.05) is 7.11 Å². The zero-order valence-electron chi connectivity index (χ0n) is 11.4. The van der Waals surface area contributed by atoms with Gasteiger partial charge in [0.25, 0.3) is 0 Å². The predicted molar refractivity (Wildman–Crippen MR) is 77.6 cm³/mol. The van der Waals surface area contributed by atoms with Gasteiger partial charge in [0.2, 0.25) is 5.91 Å². The molecule has 1 aromatic heterocycles. The average Bonchev–Trinajstić information content (AvgIpc) is 2.73. The molecule has 1 amide bonds. The summed E-state index contributed by atoms with van der Waals surface area (Å²) < 4.78 is 2.12. The van der Waals surface area contributed by atoms with Gasteiger partial charge in [-0.3, -0.25) is 4.79 Å². The summed E-state index contributed by atoms with van der Waals surface area (Å²) >= 11 is 0. The lowest BCUT2D eigenvalue weighted by molar-refractivity contribution is -0.115. The summed E-state index contributed by atoms with van der Waals surface area (Å²) in [4.78, 5) is 13.0. The highest BCUT2D eigenvalue weighted by Gasteiger charge is 1.92. The topological polar surface area (TPSA) is 107 Å². The van der Waals surface area contributed by atoms with Crippen molar-refractivity contribution in [3.8, 4) is 0 Å². The van der Waals surface area contributed by atoms with Crippen LogP contribution in [-0.4, -0.2) is 28.7 Å². The molecule has 0 spiro atoms. The molecule has 1 aromatic carbocycles. The molecular formula is C13H20N4O2. The van der Waals surface area contributed by atoms with Crippen molar-refractivity contribution in [1.82, 2.24) is 4.57 Å². The third-order valence-corrected chi connectivity index (χ3v) is 2.08. The van der Waals surface area contributed by atoms with Gasteiger partial charge in [0.15, 0.2) is 5.96 Å². The summed E-state index contributed by atoms with van der Waals surface area (Å²) in [6.45, 7) is 1.28. The molecule has 0 bridgehead atoms. The van der Waals surface area contributed by atoms with Gasteiger partial charge in [-0.15, -0.1) is 0 Å². The maximum atomic E-state index is 9.91. The largest absolute Gasteiger partial charge is 0.400 e. The standard InChI is InChI=1S/C9H9N.C3H7N3O.CH4O/c1-10-7-6-8-4-2-3-5-9(8)10;1-2(7)6-3(4)5;1-2/h2-7H,1H3;1H3,(H4,4,5,6,7);2H,1H3. The first-order valence-electron chi connectivity index (χ1n) is 5.55. The molecule has 0 saturated carbocycles. The number of para-hydroxylation sites is 1. The van der Waals surface area contributed by atoms with Gasteiger partial charge in [-0.05, 0) is 17.5 Å². The van der Waals surface area contributed by atoms with Crippen LogP contribution in [-0.2, 0) is 11.8 Å². The third kappa shape index (κ3) is 6.23. The summed E-state index contributed by atoms with van der Waals surface area (Å²) in [6.07, 6.45) is 2.07. The van der Waals surface area contributed by atoms with E-state index in [1.54, 1.807) is 0 Å². The molecule has 6 heteroatoms. The minimum Gasteiger partial charge on any atom is -0.400 e. The quantitative estimate of drug-likeness (QED) is 0.478. The molecule has 2 rings (SSSR count). The smallest absolute Gasteiger partial charge is 0.245 e. The number of aliphatic imine (C=N–C) groups is 1. The lowest BCUT2D eigenvalue weighted by Crippen LogP contribution is -2.23. The fourth-order valence-corrected chi connectivity index (χ4v) is 1.40. The van der Waals surface area contributed by atoms with E-state index >= 15 is 0 Å². The molecule has 0 aliphatic heterocycles. The minimum atomic E-state index is -0.375. The number of guanidine groups is 1. The van der Waals surface area contributed by atoms with E-state index in [0.29, 0.717) is 0 Å². The van der Waals surface area contributed by atoms with Gasteiger partial charge in [0.1, 0.15) is 0 Å². The van der Waals surface area contributed by atoms with Gasteiger partial charge in [0, 0.05) is 32.8 Å². The highest BCUT2D eigenvalue weighted by molar-refractivity contribution is 5.90. The van der Waals surface area contributed by atoms with Gasteiger partial charge in [-0.1, -0.05) is 18.2 Å². The Hall–Kier alpha value is -2.34. The minimum absolute atomic E-state index is 0.187. The molecule has 104 valence electrons. The number of hydrogen-bond donors (Lipinski definition) is 3. The number of hydrogen-bond acceptors (Lipinski definition) is 2. The maximum Gasteiger partial charge on any atom is 0.245 e. The van der Waals surface area contributed by atoms with Gasteiger partial charge in [-0.2, -0.15) is 4.99 Å². The number of rotatable bonds is 0. The second-order valence-corrected chi connectivity index (χ2v) is 3.54. The Kier molecular flexibility index (Phi) is 7.64. The number of carbonyl (C=O) groups is 1. The number of aryl methyl sites for hydroxylation is 1. The first kappa shape index (κ1) is 16.7. The fourth-order valence-electron chi connectivity index (χ4n) is 1.40. The number of nitrogens with two attached hydrogens (primary N) is 2. The van der Waals surface area contributed by atoms with E-state index in [4.69, 9.17) is 16.6 Å². The van der Waals surface area contributed by atoms with Crippen LogP contribution in [0.4, 0.5) is 0 Å². The fraction of sp³-hybridized carbons (Fsp3) is 0.231. The molecule has 0 aliphatic carbocycles. The van der Waals surface area contributed by atoms with Crippen molar-refractivity contribution in [2.24, 2.45) is 23.5 Å². The first-order chi connectivity index (χ1) is 9.00. The molecule has 0 saturated heterocycles. The van der Waals surface area contributed by atoms with E-state index in [1.165, 1.54) is 17.8 Å². The Morgan fingerprint density at radius 1 is 1.21 bits per heavy atom. The van der Waals surface area contributed by atoms with Crippen LogP contribution in [0.25, 0.3) is 10.9 Å². The highest BCUT2D eigenvalue weighted by Crippen LogP contribution is 2.12. The zero-order valence-corrected chi connectivity index (χ0v) is 11.4. The van der Waals surface area contributed by atoms with E-state index in [9.17, 15) is 4.79 Å². The van der Waals surface area contributed by atoms with Crippen LogP contribution < -0.4 is 11.5 Å². The van der Waals surface area contributed by atoms with Gasteiger partial charge in [0.05, 0.1) is 0 Å². The Bertz CT molecular complexity index is 542. The zero-order chi connectivity index (χ0) is 14.8. The van der Waals surface area contributed by atoms with Crippen LogP contribution in [0, 0.1) is 0 Å². The molecule has 0 radical (unpaired) electrons. The number of amides is 1. The van der Waals surface area contributed by atoms with E-state index < -0.39 is 0 Å². The van der Waals surface area contributed by atoms with E-state index in [0.717, 1.165) is 7.11 Å². The normalized spacial score (nSPS) is 8.63. The second-order valence-electron chi connectivity index (χ2n) is 3.54. The third-order valence-electron chi connectivity index (χ3n) is 2.08.